The standard InChI is InChI=1S/C14H27NO/c1-11(2)16-14(10-15-13-4-5-13)8-6-12(3)7-9-14/h11-13,15H,4-10H2,1-3H3. The lowest BCUT2D eigenvalue weighted by Gasteiger charge is -2.41. The zero-order valence-electron chi connectivity index (χ0n) is 11.1. The first kappa shape index (κ1) is 12.4. The van der Waals surface area contributed by atoms with E-state index in [2.05, 4.69) is 26.1 Å². The molecule has 16 heavy (non-hydrogen) atoms. The molecule has 2 aliphatic rings. The van der Waals surface area contributed by atoms with E-state index in [4.69, 9.17) is 4.74 Å². The highest BCUT2D eigenvalue weighted by atomic mass is 16.5. The molecule has 0 unspecified atom stereocenters. The molecule has 0 saturated heterocycles. The second-order valence-corrected chi connectivity index (χ2v) is 6.19. The number of hydrogen-bond acceptors (Lipinski definition) is 2. The van der Waals surface area contributed by atoms with Crippen LogP contribution in [0.5, 0.6) is 0 Å². The van der Waals surface area contributed by atoms with Gasteiger partial charge in [0, 0.05) is 12.6 Å². The summed E-state index contributed by atoms with van der Waals surface area (Å²) in [5.41, 5.74) is 0.142. The Bertz CT molecular complexity index is 215. The Morgan fingerprint density at radius 2 is 1.81 bits per heavy atom. The minimum absolute atomic E-state index is 0.142. The van der Waals surface area contributed by atoms with E-state index in [0.29, 0.717) is 6.10 Å². The van der Waals surface area contributed by atoms with Crippen molar-refractivity contribution in [2.24, 2.45) is 5.92 Å². The van der Waals surface area contributed by atoms with Gasteiger partial charge in [0.15, 0.2) is 0 Å². The number of rotatable bonds is 5. The van der Waals surface area contributed by atoms with Crippen LogP contribution in [0.4, 0.5) is 0 Å². The fourth-order valence-corrected chi connectivity index (χ4v) is 2.74. The third kappa shape index (κ3) is 3.46. The molecule has 0 amide bonds. The van der Waals surface area contributed by atoms with E-state index in [0.717, 1.165) is 18.5 Å². The molecular formula is C14H27NO. The first-order valence-electron chi connectivity index (χ1n) is 7.01. The maximum absolute atomic E-state index is 6.24. The topological polar surface area (TPSA) is 21.3 Å². The van der Waals surface area contributed by atoms with Crippen molar-refractivity contribution in [3.63, 3.8) is 0 Å². The molecule has 2 saturated carbocycles. The average molecular weight is 225 g/mol. The van der Waals surface area contributed by atoms with Crippen LogP contribution in [-0.4, -0.2) is 24.3 Å². The molecule has 2 fully saturated rings. The Morgan fingerprint density at radius 1 is 1.19 bits per heavy atom. The lowest BCUT2D eigenvalue weighted by atomic mass is 9.79. The fourth-order valence-electron chi connectivity index (χ4n) is 2.74. The van der Waals surface area contributed by atoms with Crippen molar-refractivity contribution in [1.82, 2.24) is 5.32 Å². The molecule has 0 spiro atoms. The molecule has 2 rings (SSSR count). The second-order valence-electron chi connectivity index (χ2n) is 6.19. The van der Waals surface area contributed by atoms with Crippen LogP contribution in [-0.2, 0) is 4.74 Å². The molecule has 2 aliphatic carbocycles. The molecule has 0 radical (unpaired) electrons. The van der Waals surface area contributed by atoms with Crippen LogP contribution in [0.1, 0.15) is 59.3 Å². The van der Waals surface area contributed by atoms with Crippen molar-refractivity contribution in [1.29, 1.82) is 0 Å². The van der Waals surface area contributed by atoms with Crippen molar-refractivity contribution < 1.29 is 4.74 Å². The quantitative estimate of drug-likeness (QED) is 0.776. The predicted octanol–water partition coefficient (Wildman–Crippen LogP) is 3.11. The molecule has 0 bridgehead atoms. The maximum atomic E-state index is 6.24. The largest absolute Gasteiger partial charge is 0.371 e. The highest BCUT2D eigenvalue weighted by Crippen LogP contribution is 2.36. The normalized spacial score (nSPS) is 35.6. The van der Waals surface area contributed by atoms with E-state index < -0.39 is 0 Å². The van der Waals surface area contributed by atoms with Gasteiger partial charge >= 0.3 is 0 Å². The molecule has 0 aromatic heterocycles. The summed E-state index contributed by atoms with van der Waals surface area (Å²) in [6.07, 6.45) is 8.24. The summed E-state index contributed by atoms with van der Waals surface area (Å²) >= 11 is 0. The highest BCUT2D eigenvalue weighted by Gasteiger charge is 2.37. The van der Waals surface area contributed by atoms with Gasteiger partial charge in [0.05, 0.1) is 11.7 Å². The molecule has 2 heteroatoms. The Kier molecular flexibility index (Phi) is 3.91. The maximum Gasteiger partial charge on any atom is 0.0810 e. The summed E-state index contributed by atoms with van der Waals surface area (Å²) in [5, 5.41) is 3.66. The monoisotopic (exact) mass is 225 g/mol. The van der Waals surface area contributed by atoms with E-state index in [1.165, 1.54) is 38.5 Å². The van der Waals surface area contributed by atoms with Gasteiger partial charge in [-0.1, -0.05) is 6.92 Å². The van der Waals surface area contributed by atoms with Gasteiger partial charge in [0.2, 0.25) is 0 Å². The summed E-state index contributed by atoms with van der Waals surface area (Å²) in [5.74, 6) is 0.893. The smallest absolute Gasteiger partial charge is 0.0810 e. The average Bonchev–Trinajstić information content (AvgIpc) is 3.02. The van der Waals surface area contributed by atoms with Gasteiger partial charge in [0.25, 0.3) is 0 Å². The van der Waals surface area contributed by atoms with Crippen molar-refractivity contribution in [3.8, 4) is 0 Å². The van der Waals surface area contributed by atoms with Crippen LogP contribution in [0.2, 0.25) is 0 Å². The summed E-state index contributed by atoms with van der Waals surface area (Å²) in [7, 11) is 0. The Morgan fingerprint density at radius 3 is 2.31 bits per heavy atom. The van der Waals surface area contributed by atoms with Gasteiger partial charge < -0.3 is 10.1 Å². The van der Waals surface area contributed by atoms with Gasteiger partial charge in [-0.3, -0.25) is 0 Å². The lowest BCUT2D eigenvalue weighted by molar-refractivity contribution is -0.105. The Labute approximate surface area is 100 Å². The first-order valence-corrected chi connectivity index (χ1v) is 7.01. The molecular weight excluding hydrogens is 198 g/mol. The van der Waals surface area contributed by atoms with Crippen LogP contribution in [0, 0.1) is 5.92 Å². The van der Waals surface area contributed by atoms with E-state index in [1.807, 2.05) is 0 Å². The van der Waals surface area contributed by atoms with Crippen LogP contribution in [0.3, 0.4) is 0 Å². The van der Waals surface area contributed by atoms with Gasteiger partial charge in [-0.05, 0) is 58.3 Å². The van der Waals surface area contributed by atoms with Crippen LogP contribution in [0.25, 0.3) is 0 Å². The minimum Gasteiger partial charge on any atom is -0.371 e. The molecule has 94 valence electrons. The van der Waals surface area contributed by atoms with Gasteiger partial charge in [-0.2, -0.15) is 0 Å². The van der Waals surface area contributed by atoms with Crippen LogP contribution >= 0.6 is 0 Å². The molecule has 0 aromatic carbocycles. The molecule has 1 N–H and O–H groups in total. The van der Waals surface area contributed by atoms with E-state index in [1.54, 1.807) is 0 Å². The van der Waals surface area contributed by atoms with Crippen molar-refractivity contribution in [3.05, 3.63) is 0 Å². The SMILES string of the molecule is CC1CCC(CNC2CC2)(OC(C)C)CC1. The van der Waals surface area contributed by atoms with Crippen molar-refractivity contribution >= 4 is 0 Å². The number of hydrogen-bond donors (Lipinski definition) is 1. The number of nitrogens with one attached hydrogen (secondary N) is 1. The van der Waals surface area contributed by atoms with Crippen molar-refractivity contribution in [2.75, 3.05) is 6.54 Å². The second kappa shape index (κ2) is 5.05. The first-order chi connectivity index (χ1) is 7.60. The van der Waals surface area contributed by atoms with Crippen LogP contribution < -0.4 is 5.32 Å². The fraction of sp³-hybridized carbons (Fsp3) is 1.00. The molecule has 0 aromatic rings. The third-order valence-electron chi connectivity index (χ3n) is 3.96. The summed E-state index contributed by atoms with van der Waals surface area (Å²) in [6, 6.07) is 0.798. The van der Waals surface area contributed by atoms with Gasteiger partial charge in [-0.25, -0.2) is 0 Å². The van der Waals surface area contributed by atoms with Crippen LogP contribution in [0.15, 0.2) is 0 Å². The lowest BCUT2D eigenvalue weighted by Crippen LogP contribution is -2.47. The van der Waals surface area contributed by atoms with Gasteiger partial charge in [0.1, 0.15) is 0 Å². The Hall–Kier alpha value is -0.0800. The highest BCUT2D eigenvalue weighted by molar-refractivity contribution is 4.92. The number of ether oxygens (including phenoxy) is 1. The predicted molar refractivity (Wildman–Crippen MR) is 67.6 cm³/mol. The van der Waals surface area contributed by atoms with Gasteiger partial charge in [-0.15, -0.1) is 0 Å². The molecule has 0 aliphatic heterocycles. The van der Waals surface area contributed by atoms with E-state index in [9.17, 15) is 0 Å². The molecule has 2 nitrogen and oxygen atoms in total. The molecule has 0 atom stereocenters. The molecule has 0 heterocycles. The van der Waals surface area contributed by atoms with E-state index in [-0.39, 0.29) is 5.60 Å². The zero-order chi connectivity index (χ0) is 11.6. The third-order valence-corrected chi connectivity index (χ3v) is 3.96. The van der Waals surface area contributed by atoms with Crippen molar-refractivity contribution in [2.45, 2.75) is 77.0 Å². The van der Waals surface area contributed by atoms with E-state index >= 15 is 0 Å². The summed E-state index contributed by atoms with van der Waals surface area (Å²) < 4.78 is 6.24. The summed E-state index contributed by atoms with van der Waals surface area (Å²) in [4.78, 5) is 0. The summed E-state index contributed by atoms with van der Waals surface area (Å²) in [6.45, 7) is 7.77. The Balaban J connectivity index is 1.88. The minimum atomic E-state index is 0.142. The zero-order valence-corrected chi connectivity index (χ0v) is 11.1.